The quantitative estimate of drug-likeness (QED) is 0.549. The zero-order chi connectivity index (χ0) is 12.7. The first kappa shape index (κ1) is 13.4. The number of nitrogen functional groups attached to an aromatic ring is 1. The summed E-state index contributed by atoms with van der Waals surface area (Å²) >= 11 is 0. The van der Waals surface area contributed by atoms with Gasteiger partial charge in [0.1, 0.15) is 12.4 Å². The number of nitrogens with zero attached hydrogens (tertiary/aromatic N) is 2. The van der Waals surface area contributed by atoms with Gasteiger partial charge in [-0.2, -0.15) is 0 Å². The molecule has 17 heavy (non-hydrogen) atoms. The van der Waals surface area contributed by atoms with Crippen LogP contribution in [-0.4, -0.2) is 42.0 Å². The number of aromatic nitrogens is 1. The summed E-state index contributed by atoms with van der Waals surface area (Å²) in [5.74, 6) is 0.420. The summed E-state index contributed by atoms with van der Waals surface area (Å²) in [5.41, 5.74) is 6.00. The summed E-state index contributed by atoms with van der Waals surface area (Å²) in [5, 5.41) is 7.42. The molecule has 0 aromatic carbocycles. The maximum atomic E-state index is 7.42. The third-order valence-corrected chi connectivity index (χ3v) is 2.60. The van der Waals surface area contributed by atoms with E-state index in [4.69, 9.17) is 15.9 Å². The van der Waals surface area contributed by atoms with Gasteiger partial charge in [0, 0.05) is 12.7 Å². The highest BCUT2D eigenvalue weighted by Gasteiger charge is 2.07. The van der Waals surface area contributed by atoms with Crippen LogP contribution in [-0.2, 0) is 0 Å². The van der Waals surface area contributed by atoms with Crippen molar-refractivity contribution in [2.24, 2.45) is 5.73 Å². The van der Waals surface area contributed by atoms with Crippen molar-refractivity contribution in [2.75, 3.05) is 26.2 Å². The van der Waals surface area contributed by atoms with Crippen molar-refractivity contribution < 1.29 is 4.74 Å². The molecule has 1 rings (SSSR count). The first-order valence-electron chi connectivity index (χ1n) is 5.83. The van der Waals surface area contributed by atoms with Crippen LogP contribution in [0.1, 0.15) is 19.4 Å². The zero-order valence-electron chi connectivity index (χ0n) is 10.4. The topological polar surface area (TPSA) is 75.2 Å². The van der Waals surface area contributed by atoms with Crippen molar-refractivity contribution >= 4 is 5.84 Å². The predicted octanol–water partition coefficient (Wildman–Crippen LogP) is 1.09. The molecule has 5 nitrogen and oxygen atoms in total. The summed E-state index contributed by atoms with van der Waals surface area (Å²) in [7, 11) is 0. The van der Waals surface area contributed by atoms with Gasteiger partial charge in [0.2, 0.25) is 5.88 Å². The van der Waals surface area contributed by atoms with Gasteiger partial charge in [-0.25, -0.2) is 4.98 Å². The summed E-state index contributed by atoms with van der Waals surface area (Å²) in [4.78, 5) is 6.35. The van der Waals surface area contributed by atoms with Crippen LogP contribution in [0.5, 0.6) is 5.88 Å². The Kier molecular flexibility index (Phi) is 5.42. The van der Waals surface area contributed by atoms with Gasteiger partial charge in [-0.3, -0.25) is 5.41 Å². The molecule has 0 unspecified atom stereocenters. The highest BCUT2D eigenvalue weighted by molar-refractivity contribution is 5.96. The molecule has 0 amide bonds. The van der Waals surface area contributed by atoms with Crippen LogP contribution >= 0.6 is 0 Å². The molecule has 1 heterocycles. The minimum Gasteiger partial charge on any atom is -0.476 e. The van der Waals surface area contributed by atoms with Crippen LogP contribution in [0.3, 0.4) is 0 Å². The highest BCUT2D eigenvalue weighted by atomic mass is 16.5. The Bertz CT molecular complexity index is 363. The lowest BCUT2D eigenvalue weighted by atomic mass is 10.2. The molecule has 0 aliphatic rings. The van der Waals surface area contributed by atoms with E-state index >= 15 is 0 Å². The Morgan fingerprint density at radius 1 is 1.47 bits per heavy atom. The lowest BCUT2D eigenvalue weighted by molar-refractivity contribution is 0.217. The van der Waals surface area contributed by atoms with Gasteiger partial charge in [0.15, 0.2) is 0 Å². The highest BCUT2D eigenvalue weighted by Crippen LogP contribution is 2.12. The van der Waals surface area contributed by atoms with Crippen molar-refractivity contribution in [2.45, 2.75) is 13.8 Å². The second-order valence-corrected chi connectivity index (χ2v) is 3.65. The standard InChI is InChI=1S/C12H20N4O/c1-3-16(4-2)8-9-17-12-10(11(13)14)6-5-7-15-12/h5-7H,3-4,8-9H2,1-2H3,(H3,13,14). The van der Waals surface area contributed by atoms with E-state index < -0.39 is 0 Å². The van der Waals surface area contributed by atoms with Gasteiger partial charge < -0.3 is 15.4 Å². The van der Waals surface area contributed by atoms with E-state index in [1.807, 2.05) is 0 Å². The number of pyridine rings is 1. The number of likely N-dealkylation sites (N-methyl/N-ethyl adjacent to an activating group) is 1. The molecule has 0 aliphatic heterocycles. The SMILES string of the molecule is CCN(CC)CCOc1ncccc1C(=N)N. The maximum Gasteiger partial charge on any atom is 0.224 e. The van der Waals surface area contributed by atoms with Gasteiger partial charge in [0.05, 0.1) is 5.56 Å². The lowest BCUT2D eigenvalue weighted by Gasteiger charge is -2.18. The van der Waals surface area contributed by atoms with Crippen LogP contribution in [0.15, 0.2) is 18.3 Å². The van der Waals surface area contributed by atoms with Gasteiger partial charge >= 0.3 is 0 Å². The van der Waals surface area contributed by atoms with Crippen LogP contribution in [0.4, 0.5) is 0 Å². The number of hydrogen-bond acceptors (Lipinski definition) is 4. The molecular weight excluding hydrogens is 216 g/mol. The summed E-state index contributed by atoms with van der Waals surface area (Å²) in [6, 6.07) is 3.48. The van der Waals surface area contributed by atoms with Crippen LogP contribution in [0, 0.1) is 5.41 Å². The number of nitrogens with two attached hydrogens (primary N) is 1. The number of ether oxygens (including phenoxy) is 1. The molecule has 3 N–H and O–H groups in total. The molecule has 94 valence electrons. The van der Waals surface area contributed by atoms with Gasteiger partial charge in [-0.15, -0.1) is 0 Å². The zero-order valence-corrected chi connectivity index (χ0v) is 10.4. The van der Waals surface area contributed by atoms with Crippen molar-refractivity contribution in [3.8, 4) is 5.88 Å². The Hall–Kier alpha value is -1.62. The monoisotopic (exact) mass is 236 g/mol. The molecule has 1 aromatic rings. The third-order valence-electron chi connectivity index (χ3n) is 2.60. The number of nitrogens with one attached hydrogen (secondary N) is 1. The Labute approximate surface area is 102 Å². The van der Waals surface area contributed by atoms with E-state index in [0.717, 1.165) is 19.6 Å². The second-order valence-electron chi connectivity index (χ2n) is 3.65. The lowest BCUT2D eigenvalue weighted by Crippen LogP contribution is -2.28. The van der Waals surface area contributed by atoms with Crippen LogP contribution in [0.25, 0.3) is 0 Å². The molecule has 0 saturated carbocycles. The Morgan fingerprint density at radius 3 is 2.76 bits per heavy atom. The smallest absolute Gasteiger partial charge is 0.224 e. The van der Waals surface area contributed by atoms with Crippen molar-refractivity contribution in [3.05, 3.63) is 23.9 Å². The van der Waals surface area contributed by atoms with Gasteiger partial charge in [0.25, 0.3) is 0 Å². The van der Waals surface area contributed by atoms with Gasteiger partial charge in [-0.1, -0.05) is 13.8 Å². The number of hydrogen-bond donors (Lipinski definition) is 2. The Morgan fingerprint density at radius 2 is 2.18 bits per heavy atom. The number of amidine groups is 1. The van der Waals surface area contributed by atoms with E-state index in [9.17, 15) is 0 Å². The fourth-order valence-corrected chi connectivity index (χ4v) is 1.52. The second kappa shape index (κ2) is 6.85. The summed E-state index contributed by atoms with van der Waals surface area (Å²) in [6.45, 7) is 7.64. The summed E-state index contributed by atoms with van der Waals surface area (Å²) < 4.78 is 5.56. The fourth-order valence-electron chi connectivity index (χ4n) is 1.52. The minimum absolute atomic E-state index is 0.0176. The van der Waals surface area contributed by atoms with Crippen LogP contribution < -0.4 is 10.5 Å². The molecule has 0 spiro atoms. The molecular formula is C12H20N4O. The molecule has 1 aromatic heterocycles. The van der Waals surface area contributed by atoms with Crippen molar-refractivity contribution in [1.82, 2.24) is 9.88 Å². The van der Waals surface area contributed by atoms with Crippen molar-refractivity contribution in [3.63, 3.8) is 0 Å². The maximum absolute atomic E-state index is 7.42. The van der Waals surface area contributed by atoms with Gasteiger partial charge in [-0.05, 0) is 25.2 Å². The van der Waals surface area contributed by atoms with E-state index in [2.05, 4.69) is 23.7 Å². The fraction of sp³-hybridized carbons (Fsp3) is 0.500. The normalized spacial score (nSPS) is 10.5. The minimum atomic E-state index is -0.0176. The predicted molar refractivity (Wildman–Crippen MR) is 68.5 cm³/mol. The van der Waals surface area contributed by atoms with E-state index in [1.54, 1.807) is 18.3 Å². The molecule has 0 atom stereocenters. The molecule has 5 heteroatoms. The third kappa shape index (κ3) is 4.03. The molecule has 0 fully saturated rings. The molecule has 0 bridgehead atoms. The average molecular weight is 236 g/mol. The average Bonchev–Trinajstić information content (AvgIpc) is 2.35. The molecule has 0 saturated heterocycles. The Balaban J connectivity index is 2.54. The molecule has 0 radical (unpaired) electrons. The van der Waals surface area contributed by atoms with E-state index in [0.29, 0.717) is 18.1 Å². The van der Waals surface area contributed by atoms with Crippen LogP contribution in [0.2, 0.25) is 0 Å². The first-order chi connectivity index (χ1) is 8.19. The number of rotatable bonds is 7. The summed E-state index contributed by atoms with van der Waals surface area (Å²) in [6.07, 6.45) is 1.64. The first-order valence-corrected chi connectivity index (χ1v) is 5.83. The van der Waals surface area contributed by atoms with E-state index in [-0.39, 0.29) is 5.84 Å². The largest absolute Gasteiger partial charge is 0.476 e. The van der Waals surface area contributed by atoms with Crippen molar-refractivity contribution in [1.29, 1.82) is 5.41 Å². The molecule has 0 aliphatic carbocycles. The van der Waals surface area contributed by atoms with E-state index in [1.165, 1.54) is 0 Å².